The van der Waals surface area contributed by atoms with Gasteiger partial charge in [-0.15, -0.1) is 0 Å². The molecule has 0 aromatic carbocycles. The van der Waals surface area contributed by atoms with Crippen LogP contribution in [0, 0.1) is 6.58 Å². The van der Waals surface area contributed by atoms with E-state index in [1.54, 1.807) is 0 Å². The molecule has 0 saturated carbocycles. The average molecular weight is 124 g/mol. The van der Waals surface area contributed by atoms with Gasteiger partial charge in [-0.1, -0.05) is 0 Å². The SMILES string of the molecule is [CH-]=CC=C.[Cu+].[Li]. The Balaban J connectivity index is -0.0000000450. The molecule has 33 valence electrons. The number of hydrogen-bond donors (Lipinski definition) is 0. The van der Waals surface area contributed by atoms with Crippen molar-refractivity contribution in [2.45, 2.75) is 0 Å². The van der Waals surface area contributed by atoms with E-state index >= 15 is 0 Å². The zero-order valence-corrected chi connectivity index (χ0v) is 4.68. The predicted molar refractivity (Wildman–Crippen MR) is 24.8 cm³/mol. The van der Waals surface area contributed by atoms with Gasteiger partial charge in [-0.25, -0.2) is 12.2 Å². The van der Waals surface area contributed by atoms with Crippen molar-refractivity contribution in [1.82, 2.24) is 0 Å². The molecule has 0 atom stereocenters. The summed E-state index contributed by atoms with van der Waals surface area (Å²) in [6.07, 6.45) is 2.92. The summed E-state index contributed by atoms with van der Waals surface area (Å²) < 4.78 is 0. The van der Waals surface area contributed by atoms with Crippen LogP contribution in [0.1, 0.15) is 0 Å². The van der Waals surface area contributed by atoms with E-state index in [9.17, 15) is 0 Å². The molecule has 0 heterocycles. The Morgan fingerprint density at radius 1 is 1.50 bits per heavy atom. The van der Waals surface area contributed by atoms with Gasteiger partial charge in [-0.3, -0.25) is 6.58 Å². The molecule has 0 spiro atoms. The number of hydrogen-bond acceptors (Lipinski definition) is 0. The number of allylic oxidation sites excluding steroid dienone is 2. The summed E-state index contributed by atoms with van der Waals surface area (Å²) >= 11 is 0. The van der Waals surface area contributed by atoms with Crippen molar-refractivity contribution in [2.75, 3.05) is 0 Å². The van der Waals surface area contributed by atoms with Gasteiger partial charge >= 0.3 is 17.1 Å². The van der Waals surface area contributed by atoms with Gasteiger partial charge in [-0.2, -0.15) is 6.58 Å². The molecule has 0 aliphatic rings. The standard InChI is InChI=1S/C4H5.Cu.Li/c1-3-4-2;;/h1,3-4H,2H2;;/q-1;+1;. The first-order chi connectivity index (χ1) is 1.91. The van der Waals surface area contributed by atoms with Crippen molar-refractivity contribution in [1.29, 1.82) is 0 Å². The van der Waals surface area contributed by atoms with Gasteiger partial charge in [0.25, 0.3) is 0 Å². The molecular weight excluding hydrogens is 119 g/mol. The van der Waals surface area contributed by atoms with Crippen molar-refractivity contribution in [3.63, 3.8) is 0 Å². The van der Waals surface area contributed by atoms with E-state index in [-0.39, 0.29) is 35.9 Å². The Bertz CT molecular complexity index is 28.5. The first-order valence-electron chi connectivity index (χ1n) is 1.07. The first-order valence-corrected chi connectivity index (χ1v) is 1.07. The second kappa shape index (κ2) is 17.5. The molecule has 0 rings (SSSR count). The van der Waals surface area contributed by atoms with Gasteiger partial charge in [0.2, 0.25) is 0 Å². The van der Waals surface area contributed by atoms with E-state index < -0.39 is 0 Å². The minimum Gasteiger partial charge on any atom is -0.293 e. The van der Waals surface area contributed by atoms with Crippen molar-refractivity contribution in [2.24, 2.45) is 0 Å². The van der Waals surface area contributed by atoms with Crippen molar-refractivity contribution >= 4 is 18.9 Å². The molecule has 0 fully saturated rings. The second-order valence-corrected chi connectivity index (χ2v) is 0.428. The fraction of sp³-hybridized carbons (Fsp3) is 0. The van der Waals surface area contributed by atoms with Gasteiger partial charge in [-0.05, 0) is 0 Å². The van der Waals surface area contributed by atoms with E-state index in [4.69, 9.17) is 6.58 Å². The van der Waals surface area contributed by atoms with Crippen LogP contribution in [-0.2, 0) is 17.1 Å². The third kappa shape index (κ3) is 23.3. The third-order valence-corrected chi connectivity index (χ3v) is 0.136. The van der Waals surface area contributed by atoms with E-state index in [0.29, 0.717) is 0 Å². The monoisotopic (exact) mass is 123 g/mol. The van der Waals surface area contributed by atoms with Gasteiger partial charge in [0.15, 0.2) is 0 Å². The minimum atomic E-state index is 0. The average Bonchev–Trinajstić information content (AvgIpc) is 1.37. The molecule has 0 aromatic rings. The molecule has 0 unspecified atom stereocenters. The van der Waals surface area contributed by atoms with Crippen molar-refractivity contribution in [3.8, 4) is 0 Å². The van der Waals surface area contributed by atoms with Gasteiger partial charge in [0, 0.05) is 18.9 Å². The molecule has 0 aliphatic heterocycles. The molecule has 0 N–H and O–H groups in total. The zero-order valence-electron chi connectivity index (χ0n) is 3.74. The van der Waals surface area contributed by atoms with E-state index in [0.717, 1.165) is 0 Å². The summed E-state index contributed by atoms with van der Waals surface area (Å²) in [4.78, 5) is 0. The normalized spacial score (nSPS) is 3.33. The van der Waals surface area contributed by atoms with E-state index in [1.807, 2.05) is 0 Å². The van der Waals surface area contributed by atoms with Crippen LogP contribution in [0.4, 0.5) is 0 Å². The van der Waals surface area contributed by atoms with Crippen LogP contribution in [0.2, 0.25) is 0 Å². The smallest absolute Gasteiger partial charge is 0.293 e. The Labute approximate surface area is 61.3 Å². The summed E-state index contributed by atoms with van der Waals surface area (Å²) in [5.41, 5.74) is 0. The topological polar surface area (TPSA) is 0 Å². The molecule has 0 bridgehead atoms. The van der Waals surface area contributed by atoms with Crippen LogP contribution in [-0.4, -0.2) is 18.9 Å². The summed E-state index contributed by atoms with van der Waals surface area (Å²) in [5.74, 6) is 0. The molecule has 1 radical (unpaired) electrons. The van der Waals surface area contributed by atoms with Crippen molar-refractivity contribution < 1.29 is 17.1 Å². The van der Waals surface area contributed by atoms with Crippen LogP contribution >= 0.6 is 0 Å². The molecule has 0 aromatic heterocycles. The van der Waals surface area contributed by atoms with E-state index in [1.165, 1.54) is 12.2 Å². The minimum absolute atomic E-state index is 0. The summed E-state index contributed by atoms with van der Waals surface area (Å²) in [5, 5.41) is 0. The summed E-state index contributed by atoms with van der Waals surface area (Å²) in [6.45, 7) is 8.08. The Morgan fingerprint density at radius 2 is 1.67 bits per heavy atom. The van der Waals surface area contributed by atoms with Gasteiger partial charge in [0.1, 0.15) is 0 Å². The fourth-order valence-electron chi connectivity index (χ4n) is 0. The second-order valence-electron chi connectivity index (χ2n) is 0.428. The Kier molecular flexibility index (Phi) is 46.7. The Hall–Kier alpha value is 0.597. The van der Waals surface area contributed by atoms with E-state index in [2.05, 4.69) is 6.58 Å². The largest absolute Gasteiger partial charge is 1.00 e. The predicted octanol–water partition coefficient (Wildman–Crippen LogP) is 0.778. The van der Waals surface area contributed by atoms with Crippen LogP contribution in [0.3, 0.4) is 0 Å². The van der Waals surface area contributed by atoms with Crippen LogP contribution in [0.25, 0.3) is 0 Å². The van der Waals surface area contributed by atoms with Crippen LogP contribution in [0.15, 0.2) is 18.7 Å². The molecule has 2 heteroatoms. The maximum absolute atomic E-state index is 4.78. The molecule has 0 amide bonds. The molecule has 0 nitrogen and oxygen atoms in total. The van der Waals surface area contributed by atoms with Crippen molar-refractivity contribution in [3.05, 3.63) is 25.3 Å². The summed E-state index contributed by atoms with van der Waals surface area (Å²) in [6, 6.07) is 0. The first kappa shape index (κ1) is 16.0. The quantitative estimate of drug-likeness (QED) is 0.275. The van der Waals surface area contributed by atoms with Crippen LogP contribution in [0.5, 0.6) is 0 Å². The number of rotatable bonds is 1. The Morgan fingerprint density at radius 3 is 1.67 bits per heavy atom. The van der Waals surface area contributed by atoms with Gasteiger partial charge in [0.05, 0.1) is 0 Å². The zero-order chi connectivity index (χ0) is 3.41. The summed E-state index contributed by atoms with van der Waals surface area (Å²) in [7, 11) is 0. The van der Waals surface area contributed by atoms with Gasteiger partial charge < -0.3 is 0 Å². The molecule has 0 saturated heterocycles. The third-order valence-electron chi connectivity index (χ3n) is 0.136. The maximum atomic E-state index is 4.78. The fourth-order valence-corrected chi connectivity index (χ4v) is 0. The molecule has 0 aliphatic carbocycles. The van der Waals surface area contributed by atoms with Crippen LogP contribution < -0.4 is 0 Å². The molecular formula is C4H5CuLi. The molecule has 6 heavy (non-hydrogen) atoms. The maximum Gasteiger partial charge on any atom is 1.00 e.